The van der Waals surface area contributed by atoms with Crippen molar-refractivity contribution in [3.8, 4) is 5.69 Å². The minimum absolute atomic E-state index is 0.00815. The first kappa shape index (κ1) is 20.9. The molecule has 1 amide bonds. The van der Waals surface area contributed by atoms with E-state index in [-0.39, 0.29) is 34.8 Å². The number of benzene rings is 2. The summed E-state index contributed by atoms with van der Waals surface area (Å²) in [7, 11) is -3.08. The highest BCUT2D eigenvalue weighted by Crippen LogP contribution is 2.25. The maximum Gasteiger partial charge on any atom is 0.266 e. The Balaban J connectivity index is 1.64. The zero-order chi connectivity index (χ0) is 21.3. The van der Waals surface area contributed by atoms with E-state index in [1.54, 1.807) is 48.5 Å². The Bertz CT molecular complexity index is 1290. The van der Waals surface area contributed by atoms with Gasteiger partial charge in [-0.1, -0.05) is 47.6 Å². The van der Waals surface area contributed by atoms with E-state index in [9.17, 15) is 18.0 Å². The van der Waals surface area contributed by atoms with Gasteiger partial charge in [-0.2, -0.15) is 0 Å². The molecule has 1 aromatic heterocycles. The maximum atomic E-state index is 13.2. The predicted molar refractivity (Wildman–Crippen MR) is 118 cm³/mol. The number of amides is 1. The Morgan fingerprint density at radius 1 is 1.20 bits per heavy atom. The van der Waals surface area contributed by atoms with Gasteiger partial charge in [0.15, 0.2) is 15.0 Å². The number of nitrogens with zero attached hydrogens (tertiary/aromatic N) is 2. The minimum Gasteiger partial charge on any atom is -0.352 e. The van der Waals surface area contributed by atoms with Crippen molar-refractivity contribution in [2.45, 2.75) is 17.6 Å². The van der Waals surface area contributed by atoms with Crippen LogP contribution in [0.3, 0.4) is 0 Å². The van der Waals surface area contributed by atoms with E-state index in [4.69, 9.17) is 11.6 Å². The molecule has 2 aromatic carbocycles. The molecule has 1 aliphatic rings. The van der Waals surface area contributed by atoms with E-state index in [1.165, 1.54) is 4.57 Å². The summed E-state index contributed by atoms with van der Waals surface area (Å²) in [5.41, 5.74) is 0.723. The molecule has 0 unspecified atom stereocenters. The summed E-state index contributed by atoms with van der Waals surface area (Å²) in [6, 6.07) is 13.5. The number of hydrogen-bond donors (Lipinski definition) is 1. The standard InChI is InChI=1S/C20H18ClN3O4S2/c21-15-6-2-4-8-17(15)24-19(26)14-5-1-3-7-16(14)23-20(24)29-11-18(25)22-13-9-10-30(27,28)12-13/h1-8,13H,9-12H2,(H,22,25)/t13-/m0/s1. The molecule has 4 rings (SSSR count). The number of nitrogens with one attached hydrogen (secondary N) is 1. The van der Waals surface area contributed by atoms with E-state index >= 15 is 0 Å². The second-order valence-corrected chi connectivity index (χ2v) is 10.5. The number of halogens is 1. The Labute approximate surface area is 182 Å². The molecule has 7 nitrogen and oxygen atoms in total. The van der Waals surface area contributed by atoms with Gasteiger partial charge in [-0.05, 0) is 30.7 Å². The third kappa shape index (κ3) is 4.38. The summed E-state index contributed by atoms with van der Waals surface area (Å²) < 4.78 is 24.6. The number of sulfone groups is 1. The largest absolute Gasteiger partial charge is 0.352 e. The van der Waals surface area contributed by atoms with Gasteiger partial charge in [0, 0.05) is 6.04 Å². The molecule has 0 radical (unpaired) electrons. The molecule has 1 aliphatic heterocycles. The van der Waals surface area contributed by atoms with Gasteiger partial charge >= 0.3 is 0 Å². The average molecular weight is 464 g/mol. The molecule has 2 heterocycles. The van der Waals surface area contributed by atoms with Crippen molar-refractivity contribution < 1.29 is 13.2 Å². The van der Waals surface area contributed by atoms with Crippen LogP contribution in [0.4, 0.5) is 0 Å². The summed E-state index contributed by atoms with van der Waals surface area (Å²) in [4.78, 5) is 30.1. The first-order chi connectivity index (χ1) is 14.3. The van der Waals surface area contributed by atoms with Crippen molar-refractivity contribution in [2.24, 2.45) is 0 Å². The fraction of sp³-hybridized carbons (Fsp3) is 0.250. The lowest BCUT2D eigenvalue weighted by Gasteiger charge is -2.15. The van der Waals surface area contributed by atoms with Crippen LogP contribution >= 0.6 is 23.4 Å². The molecular formula is C20H18ClN3O4S2. The molecule has 1 N–H and O–H groups in total. The number of thioether (sulfide) groups is 1. The third-order valence-corrected chi connectivity index (χ3v) is 7.79. The van der Waals surface area contributed by atoms with Crippen LogP contribution in [0, 0.1) is 0 Å². The number of fused-ring (bicyclic) bond motifs is 1. The number of para-hydroxylation sites is 2. The van der Waals surface area contributed by atoms with E-state index in [0.717, 1.165) is 11.8 Å². The van der Waals surface area contributed by atoms with E-state index in [2.05, 4.69) is 10.3 Å². The average Bonchev–Trinajstić information content (AvgIpc) is 3.05. The smallest absolute Gasteiger partial charge is 0.266 e. The van der Waals surface area contributed by atoms with Gasteiger partial charge in [0.2, 0.25) is 5.91 Å². The molecule has 1 saturated heterocycles. The predicted octanol–water partition coefficient (Wildman–Crippen LogP) is 2.43. The molecule has 10 heteroatoms. The molecule has 0 saturated carbocycles. The number of carbonyl (C=O) groups is 1. The number of rotatable bonds is 5. The zero-order valence-electron chi connectivity index (χ0n) is 15.7. The van der Waals surface area contributed by atoms with Crippen molar-refractivity contribution >= 4 is 50.0 Å². The highest BCUT2D eigenvalue weighted by Gasteiger charge is 2.29. The van der Waals surface area contributed by atoms with Gasteiger partial charge in [0.25, 0.3) is 5.56 Å². The summed E-state index contributed by atoms with van der Waals surface area (Å²) >= 11 is 7.43. The molecule has 3 aromatic rings. The zero-order valence-corrected chi connectivity index (χ0v) is 18.1. The lowest BCUT2D eigenvalue weighted by atomic mass is 10.2. The normalized spacial score (nSPS) is 17.8. The van der Waals surface area contributed by atoms with E-state index in [0.29, 0.717) is 33.2 Å². The first-order valence-corrected chi connectivity index (χ1v) is 12.4. The van der Waals surface area contributed by atoms with Crippen molar-refractivity contribution in [3.63, 3.8) is 0 Å². The maximum absolute atomic E-state index is 13.2. The van der Waals surface area contributed by atoms with Gasteiger partial charge in [-0.15, -0.1) is 0 Å². The van der Waals surface area contributed by atoms with Crippen molar-refractivity contribution in [3.05, 3.63) is 63.9 Å². The Morgan fingerprint density at radius 3 is 2.67 bits per heavy atom. The summed E-state index contributed by atoms with van der Waals surface area (Å²) in [6.45, 7) is 0. The molecule has 30 heavy (non-hydrogen) atoms. The summed E-state index contributed by atoms with van der Waals surface area (Å²) in [6.07, 6.45) is 0.414. The van der Waals surface area contributed by atoms with Crippen molar-refractivity contribution in [1.29, 1.82) is 0 Å². The molecule has 0 aliphatic carbocycles. The SMILES string of the molecule is O=C(CSc1nc2ccccc2c(=O)n1-c1ccccc1Cl)N[C@H]1CCS(=O)(=O)C1. The van der Waals surface area contributed by atoms with E-state index < -0.39 is 9.84 Å². The molecule has 0 bridgehead atoms. The van der Waals surface area contributed by atoms with Crippen LogP contribution in [0.5, 0.6) is 0 Å². The lowest BCUT2D eigenvalue weighted by Crippen LogP contribution is -2.36. The van der Waals surface area contributed by atoms with Crippen LogP contribution in [-0.2, 0) is 14.6 Å². The molecular weight excluding hydrogens is 446 g/mol. The number of carbonyl (C=O) groups excluding carboxylic acids is 1. The van der Waals surface area contributed by atoms with Gasteiger partial charge in [0.05, 0.1) is 38.9 Å². The van der Waals surface area contributed by atoms with Crippen LogP contribution < -0.4 is 10.9 Å². The first-order valence-electron chi connectivity index (χ1n) is 9.23. The van der Waals surface area contributed by atoms with Gasteiger partial charge in [-0.25, -0.2) is 13.4 Å². The topological polar surface area (TPSA) is 98.1 Å². The highest BCUT2D eigenvalue weighted by atomic mass is 35.5. The summed E-state index contributed by atoms with van der Waals surface area (Å²) in [5, 5.41) is 3.92. The number of hydrogen-bond acceptors (Lipinski definition) is 6. The molecule has 156 valence electrons. The number of aromatic nitrogens is 2. The lowest BCUT2D eigenvalue weighted by molar-refractivity contribution is -0.119. The Morgan fingerprint density at radius 2 is 1.93 bits per heavy atom. The van der Waals surface area contributed by atoms with Crippen LogP contribution in [0.2, 0.25) is 5.02 Å². The van der Waals surface area contributed by atoms with E-state index in [1.807, 2.05) is 0 Å². The van der Waals surface area contributed by atoms with Crippen LogP contribution in [0.15, 0.2) is 58.5 Å². The minimum atomic E-state index is -3.08. The molecule has 0 spiro atoms. The van der Waals surface area contributed by atoms with Gasteiger partial charge in [-0.3, -0.25) is 14.2 Å². The molecule has 1 fully saturated rings. The van der Waals surface area contributed by atoms with Crippen LogP contribution in [0.25, 0.3) is 16.6 Å². The Kier molecular flexibility index (Phi) is 5.86. The monoisotopic (exact) mass is 463 g/mol. The van der Waals surface area contributed by atoms with Crippen molar-refractivity contribution in [2.75, 3.05) is 17.3 Å². The molecule has 1 atom stereocenters. The fourth-order valence-corrected chi connectivity index (χ4v) is 6.07. The third-order valence-electron chi connectivity index (χ3n) is 4.77. The fourth-order valence-electron chi connectivity index (χ4n) is 3.36. The van der Waals surface area contributed by atoms with Crippen LogP contribution in [-0.4, -0.2) is 47.2 Å². The van der Waals surface area contributed by atoms with Crippen molar-refractivity contribution in [1.82, 2.24) is 14.9 Å². The summed E-state index contributed by atoms with van der Waals surface area (Å²) in [5.74, 6) is -0.271. The quantitative estimate of drug-likeness (QED) is 0.461. The Hall–Kier alpha value is -2.36. The van der Waals surface area contributed by atoms with Gasteiger partial charge in [0.1, 0.15) is 0 Å². The highest BCUT2D eigenvalue weighted by molar-refractivity contribution is 7.99. The van der Waals surface area contributed by atoms with Gasteiger partial charge < -0.3 is 5.32 Å². The second kappa shape index (κ2) is 8.41. The second-order valence-electron chi connectivity index (χ2n) is 6.96. The van der Waals surface area contributed by atoms with Crippen LogP contribution in [0.1, 0.15) is 6.42 Å².